The van der Waals surface area contributed by atoms with E-state index in [-0.39, 0.29) is 0 Å². The van der Waals surface area contributed by atoms with Gasteiger partial charge >= 0.3 is 0 Å². The summed E-state index contributed by atoms with van der Waals surface area (Å²) in [6.07, 6.45) is 3.24. The van der Waals surface area contributed by atoms with Gasteiger partial charge in [0.25, 0.3) is 0 Å². The topological polar surface area (TPSA) is 63.8 Å². The van der Waals surface area contributed by atoms with Crippen LogP contribution >= 0.6 is 11.8 Å². The van der Waals surface area contributed by atoms with Gasteiger partial charge in [0, 0.05) is 23.8 Å². The Balaban J connectivity index is 2.59. The largest absolute Gasteiger partial charge is 0.384 e. The van der Waals surface area contributed by atoms with Crippen molar-refractivity contribution in [2.45, 2.75) is 38.4 Å². The Morgan fingerprint density at radius 2 is 2.06 bits per heavy atom. The predicted molar refractivity (Wildman–Crippen MR) is 76.6 cm³/mol. The van der Waals surface area contributed by atoms with Crippen LogP contribution in [0.1, 0.15) is 38.9 Å². The normalized spacial score (nSPS) is 12.8. The summed E-state index contributed by atoms with van der Waals surface area (Å²) < 4.78 is 0. The van der Waals surface area contributed by atoms with Crippen LogP contribution in [0.15, 0.2) is 6.07 Å². The third-order valence-electron chi connectivity index (χ3n) is 2.54. The van der Waals surface area contributed by atoms with Crippen LogP contribution in [0.2, 0.25) is 0 Å². The zero-order valence-electron chi connectivity index (χ0n) is 11.0. The lowest BCUT2D eigenvalue weighted by atomic mass is 10.2. The monoisotopic (exact) mass is 254 g/mol. The Hall–Kier alpha value is -0.970. The quantitative estimate of drug-likeness (QED) is 0.817. The molecule has 0 aliphatic rings. The van der Waals surface area contributed by atoms with Crippen molar-refractivity contribution in [3.05, 3.63) is 11.9 Å². The molecule has 1 aromatic heterocycles. The van der Waals surface area contributed by atoms with E-state index in [1.54, 1.807) is 6.07 Å². The number of anilines is 2. The van der Waals surface area contributed by atoms with Gasteiger partial charge in [-0.2, -0.15) is 11.8 Å². The molecule has 4 nitrogen and oxygen atoms in total. The lowest BCUT2D eigenvalue weighted by Gasteiger charge is -2.11. The first-order valence-corrected chi connectivity index (χ1v) is 7.22. The molecule has 1 heterocycles. The van der Waals surface area contributed by atoms with Crippen molar-refractivity contribution in [2.75, 3.05) is 23.9 Å². The number of nitrogen functional groups attached to an aromatic ring is 1. The lowest BCUT2D eigenvalue weighted by Crippen LogP contribution is -2.11. The van der Waals surface area contributed by atoms with Gasteiger partial charge in [-0.15, -0.1) is 0 Å². The summed E-state index contributed by atoms with van der Waals surface area (Å²) in [5.41, 5.74) is 5.76. The summed E-state index contributed by atoms with van der Waals surface area (Å²) in [6.45, 7) is 7.26. The maximum Gasteiger partial charge on any atom is 0.135 e. The van der Waals surface area contributed by atoms with Gasteiger partial charge in [0.1, 0.15) is 17.5 Å². The van der Waals surface area contributed by atoms with Gasteiger partial charge in [0.15, 0.2) is 0 Å². The number of aromatic nitrogens is 2. The Bertz CT molecular complexity index is 354. The molecule has 5 heteroatoms. The fourth-order valence-corrected chi connectivity index (χ4v) is 1.71. The Kier molecular flexibility index (Phi) is 5.55. The van der Waals surface area contributed by atoms with Crippen molar-refractivity contribution < 1.29 is 0 Å². The molecule has 0 radical (unpaired) electrons. The van der Waals surface area contributed by atoms with E-state index in [1.807, 2.05) is 11.8 Å². The molecule has 0 spiro atoms. The number of nitrogens with one attached hydrogen (secondary N) is 1. The molecule has 1 rings (SSSR count). The van der Waals surface area contributed by atoms with E-state index in [2.05, 4.69) is 42.3 Å². The Morgan fingerprint density at radius 3 is 2.65 bits per heavy atom. The minimum Gasteiger partial charge on any atom is -0.384 e. The molecule has 1 unspecified atom stereocenters. The van der Waals surface area contributed by atoms with Gasteiger partial charge in [-0.25, -0.2) is 9.97 Å². The van der Waals surface area contributed by atoms with Crippen LogP contribution in [-0.4, -0.2) is 28.0 Å². The molecule has 0 aliphatic carbocycles. The summed E-state index contributed by atoms with van der Waals surface area (Å²) in [6, 6.07) is 1.79. The Morgan fingerprint density at radius 1 is 1.35 bits per heavy atom. The number of nitrogens with zero attached hydrogens (tertiary/aromatic N) is 2. The highest BCUT2D eigenvalue weighted by Crippen LogP contribution is 2.15. The fraction of sp³-hybridized carbons (Fsp3) is 0.667. The second kappa shape index (κ2) is 6.69. The highest BCUT2D eigenvalue weighted by molar-refractivity contribution is 7.99. The molecule has 0 saturated heterocycles. The molecule has 0 bridgehead atoms. The molecule has 0 aromatic carbocycles. The minimum absolute atomic E-state index is 0.296. The average molecular weight is 254 g/mol. The number of hydrogen-bond acceptors (Lipinski definition) is 5. The van der Waals surface area contributed by atoms with E-state index in [4.69, 9.17) is 5.73 Å². The highest BCUT2D eigenvalue weighted by Gasteiger charge is 2.06. The summed E-state index contributed by atoms with van der Waals surface area (Å²) in [7, 11) is 0. The maximum atomic E-state index is 5.76. The third-order valence-corrected chi connectivity index (χ3v) is 3.58. The van der Waals surface area contributed by atoms with Crippen molar-refractivity contribution in [1.82, 2.24) is 9.97 Å². The lowest BCUT2D eigenvalue weighted by molar-refractivity contribution is 0.774. The molecule has 17 heavy (non-hydrogen) atoms. The van der Waals surface area contributed by atoms with Crippen LogP contribution in [-0.2, 0) is 0 Å². The standard InChI is InChI=1S/C12H22N4S/c1-8(2)12-15-10(13)7-11(16-12)14-6-5-9(3)17-4/h7-9H,5-6H2,1-4H3,(H3,13,14,15,16). The van der Waals surface area contributed by atoms with E-state index in [0.29, 0.717) is 17.0 Å². The van der Waals surface area contributed by atoms with Crippen LogP contribution in [0.5, 0.6) is 0 Å². The molecule has 1 atom stereocenters. The fourth-order valence-electron chi connectivity index (χ4n) is 1.36. The molecule has 1 aromatic rings. The van der Waals surface area contributed by atoms with Crippen LogP contribution in [0.4, 0.5) is 11.6 Å². The molecule has 0 aliphatic heterocycles. The summed E-state index contributed by atoms with van der Waals surface area (Å²) in [5.74, 6) is 2.45. The molecule has 0 amide bonds. The summed E-state index contributed by atoms with van der Waals surface area (Å²) in [5, 5.41) is 3.96. The number of thioether (sulfide) groups is 1. The van der Waals surface area contributed by atoms with E-state index >= 15 is 0 Å². The summed E-state index contributed by atoms with van der Waals surface area (Å²) >= 11 is 1.87. The minimum atomic E-state index is 0.296. The predicted octanol–water partition coefficient (Wildman–Crippen LogP) is 2.74. The van der Waals surface area contributed by atoms with Gasteiger partial charge in [-0.3, -0.25) is 0 Å². The number of rotatable bonds is 6. The van der Waals surface area contributed by atoms with Gasteiger partial charge in [0.05, 0.1) is 0 Å². The molecule has 96 valence electrons. The van der Waals surface area contributed by atoms with Crippen molar-refractivity contribution in [3.63, 3.8) is 0 Å². The van der Waals surface area contributed by atoms with Gasteiger partial charge in [-0.05, 0) is 12.7 Å². The summed E-state index contributed by atoms with van der Waals surface area (Å²) in [4.78, 5) is 8.66. The zero-order valence-corrected chi connectivity index (χ0v) is 11.8. The van der Waals surface area contributed by atoms with E-state index < -0.39 is 0 Å². The van der Waals surface area contributed by atoms with Crippen molar-refractivity contribution in [2.24, 2.45) is 0 Å². The molecular weight excluding hydrogens is 232 g/mol. The van der Waals surface area contributed by atoms with Crippen LogP contribution in [0, 0.1) is 0 Å². The number of nitrogens with two attached hydrogens (primary N) is 1. The van der Waals surface area contributed by atoms with E-state index in [1.165, 1.54) is 0 Å². The highest BCUT2D eigenvalue weighted by atomic mass is 32.2. The molecule has 3 N–H and O–H groups in total. The number of hydrogen-bond donors (Lipinski definition) is 2. The first-order chi connectivity index (χ1) is 8.02. The Labute approximate surface area is 108 Å². The first-order valence-electron chi connectivity index (χ1n) is 5.94. The molecule has 0 saturated carbocycles. The van der Waals surface area contributed by atoms with Crippen molar-refractivity contribution >= 4 is 23.4 Å². The molecule has 0 fully saturated rings. The molecular formula is C12H22N4S. The SMILES string of the molecule is CSC(C)CCNc1cc(N)nc(C(C)C)n1. The maximum absolute atomic E-state index is 5.76. The van der Waals surface area contributed by atoms with Gasteiger partial charge < -0.3 is 11.1 Å². The third kappa shape index (κ3) is 4.81. The zero-order chi connectivity index (χ0) is 12.8. The van der Waals surface area contributed by atoms with E-state index in [9.17, 15) is 0 Å². The van der Waals surface area contributed by atoms with Gasteiger partial charge in [-0.1, -0.05) is 20.8 Å². The smallest absolute Gasteiger partial charge is 0.135 e. The van der Waals surface area contributed by atoms with E-state index in [0.717, 1.165) is 24.6 Å². The van der Waals surface area contributed by atoms with Crippen LogP contribution in [0.3, 0.4) is 0 Å². The van der Waals surface area contributed by atoms with Crippen molar-refractivity contribution in [1.29, 1.82) is 0 Å². The first kappa shape index (κ1) is 14.1. The van der Waals surface area contributed by atoms with Crippen molar-refractivity contribution in [3.8, 4) is 0 Å². The van der Waals surface area contributed by atoms with Crippen LogP contribution < -0.4 is 11.1 Å². The second-order valence-electron chi connectivity index (χ2n) is 4.45. The van der Waals surface area contributed by atoms with Crippen LogP contribution in [0.25, 0.3) is 0 Å². The van der Waals surface area contributed by atoms with Gasteiger partial charge in [0.2, 0.25) is 0 Å². The average Bonchev–Trinajstić information content (AvgIpc) is 2.28. The second-order valence-corrected chi connectivity index (χ2v) is 5.73.